The van der Waals surface area contributed by atoms with Crippen LogP contribution >= 0.6 is 0 Å². The van der Waals surface area contributed by atoms with Crippen molar-refractivity contribution in [1.29, 1.82) is 0 Å². The molecule has 3 rings (SSSR count). The molecule has 7 nitrogen and oxygen atoms in total. The van der Waals surface area contributed by atoms with Gasteiger partial charge in [0.15, 0.2) is 0 Å². The van der Waals surface area contributed by atoms with Gasteiger partial charge in [-0.2, -0.15) is 10.2 Å². The molecule has 0 saturated carbocycles. The molecule has 7 heteroatoms. The average molecular weight is 298 g/mol. The minimum atomic E-state index is -0.401. The van der Waals surface area contributed by atoms with Gasteiger partial charge in [-0.1, -0.05) is 0 Å². The summed E-state index contributed by atoms with van der Waals surface area (Å²) < 4.78 is 3.50. The number of nitrogens with zero attached hydrogens (tertiary/aromatic N) is 5. The lowest BCUT2D eigenvalue weighted by molar-refractivity contribution is -0.124. The number of aromatic nitrogens is 5. The molecule has 0 saturated heterocycles. The molecule has 0 unspecified atom stereocenters. The van der Waals surface area contributed by atoms with Crippen molar-refractivity contribution in [1.82, 2.24) is 29.9 Å². The van der Waals surface area contributed by atoms with Crippen LogP contribution in [-0.4, -0.2) is 30.5 Å². The van der Waals surface area contributed by atoms with E-state index in [1.54, 1.807) is 28.0 Å². The molecule has 0 radical (unpaired) electrons. The lowest BCUT2D eigenvalue weighted by atomic mass is 10.2. The lowest BCUT2D eigenvalue weighted by Crippen LogP contribution is -2.31. The van der Waals surface area contributed by atoms with Gasteiger partial charge in [-0.05, 0) is 31.5 Å². The first kappa shape index (κ1) is 14.2. The van der Waals surface area contributed by atoms with Crippen LogP contribution in [-0.2, 0) is 18.4 Å². The minimum absolute atomic E-state index is 0.0786. The number of nitrogens with one attached hydrogen (secondary N) is 1. The summed E-state index contributed by atoms with van der Waals surface area (Å²) in [5.41, 5.74) is 3.70. The SMILES string of the molecule is Cc1nn(C)c2cnn([C@H](C)C(=O)NCc3ccncc3)c12. The Labute approximate surface area is 128 Å². The summed E-state index contributed by atoms with van der Waals surface area (Å²) in [6.07, 6.45) is 5.16. The molecule has 0 aliphatic carbocycles. The van der Waals surface area contributed by atoms with Crippen LogP contribution in [0.4, 0.5) is 0 Å². The molecule has 0 aliphatic heterocycles. The van der Waals surface area contributed by atoms with Crippen LogP contribution < -0.4 is 5.32 Å². The number of carbonyl (C=O) groups is 1. The number of hydrogen-bond donors (Lipinski definition) is 1. The fraction of sp³-hybridized carbons (Fsp3) is 0.333. The van der Waals surface area contributed by atoms with Gasteiger partial charge in [-0.3, -0.25) is 14.5 Å². The number of hydrogen-bond acceptors (Lipinski definition) is 4. The Morgan fingerprint density at radius 2 is 2.09 bits per heavy atom. The smallest absolute Gasteiger partial charge is 0.244 e. The van der Waals surface area contributed by atoms with Gasteiger partial charge < -0.3 is 5.32 Å². The molecule has 3 aromatic rings. The van der Waals surface area contributed by atoms with Crippen LogP contribution in [0.1, 0.15) is 24.2 Å². The van der Waals surface area contributed by atoms with E-state index >= 15 is 0 Å². The van der Waals surface area contributed by atoms with E-state index in [-0.39, 0.29) is 5.91 Å². The zero-order chi connectivity index (χ0) is 15.7. The number of rotatable bonds is 4. The number of aryl methyl sites for hydroxylation is 2. The molecule has 3 aromatic heterocycles. The fourth-order valence-corrected chi connectivity index (χ4v) is 2.51. The first-order valence-corrected chi connectivity index (χ1v) is 7.11. The molecular formula is C15H18N6O. The quantitative estimate of drug-likeness (QED) is 0.788. The third kappa shape index (κ3) is 2.45. The Hall–Kier alpha value is -2.70. The Bertz CT molecular complexity index is 804. The van der Waals surface area contributed by atoms with Crippen molar-refractivity contribution in [3.05, 3.63) is 42.0 Å². The molecule has 0 aromatic carbocycles. The molecular weight excluding hydrogens is 280 g/mol. The maximum absolute atomic E-state index is 12.4. The van der Waals surface area contributed by atoms with E-state index in [4.69, 9.17) is 0 Å². The second-order valence-corrected chi connectivity index (χ2v) is 5.28. The summed E-state index contributed by atoms with van der Waals surface area (Å²) in [6.45, 7) is 4.23. The molecule has 1 N–H and O–H groups in total. The van der Waals surface area contributed by atoms with Crippen LogP contribution in [0.5, 0.6) is 0 Å². The highest BCUT2D eigenvalue weighted by Crippen LogP contribution is 2.20. The van der Waals surface area contributed by atoms with E-state index in [1.807, 2.05) is 33.0 Å². The topological polar surface area (TPSA) is 77.6 Å². The van der Waals surface area contributed by atoms with E-state index in [9.17, 15) is 4.79 Å². The standard InChI is InChI=1S/C15H18N6O/c1-10-14-13(20(3)19-10)9-18-21(14)11(2)15(22)17-8-12-4-6-16-7-5-12/h4-7,9,11H,8H2,1-3H3,(H,17,22)/t11-/m1/s1. The normalized spacial score (nSPS) is 12.5. The van der Waals surface area contributed by atoms with Gasteiger partial charge in [0.05, 0.1) is 11.9 Å². The van der Waals surface area contributed by atoms with Gasteiger partial charge in [0.25, 0.3) is 0 Å². The third-order valence-corrected chi connectivity index (χ3v) is 3.73. The van der Waals surface area contributed by atoms with Crippen LogP contribution in [0.2, 0.25) is 0 Å². The Kier molecular flexibility index (Phi) is 3.62. The number of carbonyl (C=O) groups excluding carboxylic acids is 1. The Balaban J connectivity index is 1.77. The van der Waals surface area contributed by atoms with Crippen molar-refractivity contribution in [2.24, 2.45) is 7.05 Å². The van der Waals surface area contributed by atoms with Gasteiger partial charge in [0.1, 0.15) is 17.1 Å². The van der Waals surface area contributed by atoms with Crippen LogP contribution in [0.15, 0.2) is 30.7 Å². The van der Waals surface area contributed by atoms with Crippen molar-refractivity contribution in [3.8, 4) is 0 Å². The highest BCUT2D eigenvalue weighted by Gasteiger charge is 2.20. The van der Waals surface area contributed by atoms with E-state index < -0.39 is 6.04 Å². The zero-order valence-electron chi connectivity index (χ0n) is 12.8. The summed E-state index contributed by atoms with van der Waals surface area (Å²) in [5.74, 6) is -0.0786. The van der Waals surface area contributed by atoms with Crippen molar-refractivity contribution in [2.45, 2.75) is 26.4 Å². The molecule has 0 bridgehead atoms. The predicted molar refractivity (Wildman–Crippen MR) is 82.0 cm³/mol. The molecule has 22 heavy (non-hydrogen) atoms. The molecule has 1 amide bonds. The first-order chi connectivity index (χ1) is 10.6. The van der Waals surface area contributed by atoms with Gasteiger partial charge in [0.2, 0.25) is 5.91 Å². The number of fused-ring (bicyclic) bond motifs is 1. The van der Waals surface area contributed by atoms with E-state index in [0.29, 0.717) is 6.54 Å². The zero-order valence-corrected chi connectivity index (χ0v) is 12.8. The molecule has 114 valence electrons. The van der Waals surface area contributed by atoms with Crippen LogP contribution in [0, 0.1) is 6.92 Å². The minimum Gasteiger partial charge on any atom is -0.350 e. The maximum Gasteiger partial charge on any atom is 0.244 e. The van der Waals surface area contributed by atoms with E-state index in [2.05, 4.69) is 20.5 Å². The van der Waals surface area contributed by atoms with E-state index in [1.165, 1.54) is 0 Å². The Morgan fingerprint density at radius 1 is 1.36 bits per heavy atom. The summed E-state index contributed by atoms with van der Waals surface area (Å²) in [7, 11) is 1.87. The summed E-state index contributed by atoms with van der Waals surface area (Å²) in [4.78, 5) is 16.3. The second kappa shape index (κ2) is 5.59. The number of pyridine rings is 1. The summed E-state index contributed by atoms with van der Waals surface area (Å²) >= 11 is 0. The monoisotopic (exact) mass is 298 g/mol. The largest absolute Gasteiger partial charge is 0.350 e. The molecule has 0 fully saturated rings. The number of amides is 1. The van der Waals surface area contributed by atoms with Crippen LogP contribution in [0.25, 0.3) is 11.0 Å². The second-order valence-electron chi connectivity index (χ2n) is 5.28. The highest BCUT2D eigenvalue weighted by atomic mass is 16.2. The van der Waals surface area contributed by atoms with Gasteiger partial charge in [0, 0.05) is 26.0 Å². The Morgan fingerprint density at radius 3 is 2.82 bits per heavy atom. The molecule has 0 aliphatic rings. The third-order valence-electron chi connectivity index (χ3n) is 3.73. The van der Waals surface area contributed by atoms with Crippen molar-refractivity contribution in [2.75, 3.05) is 0 Å². The van der Waals surface area contributed by atoms with E-state index in [0.717, 1.165) is 22.3 Å². The highest BCUT2D eigenvalue weighted by molar-refractivity contribution is 5.84. The van der Waals surface area contributed by atoms with Crippen molar-refractivity contribution in [3.63, 3.8) is 0 Å². The van der Waals surface area contributed by atoms with Gasteiger partial charge in [-0.25, -0.2) is 4.68 Å². The van der Waals surface area contributed by atoms with Gasteiger partial charge in [-0.15, -0.1) is 0 Å². The average Bonchev–Trinajstić information content (AvgIpc) is 3.08. The lowest BCUT2D eigenvalue weighted by Gasteiger charge is -2.13. The molecule has 3 heterocycles. The van der Waals surface area contributed by atoms with Gasteiger partial charge >= 0.3 is 0 Å². The molecule has 1 atom stereocenters. The summed E-state index contributed by atoms with van der Waals surface area (Å²) in [6, 6.07) is 3.35. The summed E-state index contributed by atoms with van der Waals surface area (Å²) in [5, 5.41) is 11.6. The first-order valence-electron chi connectivity index (χ1n) is 7.11. The van der Waals surface area contributed by atoms with Crippen molar-refractivity contribution < 1.29 is 4.79 Å². The van der Waals surface area contributed by atoms with Crippen LogP contribution in [0.3, 0.4) is 0 Å². The molecule has 0 spiro atoms. The fourth-order valence-electron chi connectivity index (χ4n) is 2.51. The maximum atomic E-state index is 12.4. The predicted octanol–water partition coefficient (Wildman–Crippen LogP) is 1.35. The van der Waals surface area contributed by atoms with Crippen molar-refractivity contribution >= 4 is 16.9 Å².